The van der Waals surface area contributed by atoms with Gasteiger partial charge in [0.1, 0.15) is 5.75 Å². The standard InChI is InChI=1S/C16H20NO4PS2/c1-11(2)12-8-9-16(3)15(10-12)21-22(23,24-16)20-14-6-4-13(5-7-14)17(18)19/h4-7,12,15H,1,8-10H2,2-3H3/t12-,15-,16+,22-/m0/s1. The Kier molecular flexibility index (Phi) is 4.82. The Morgan fingerprint density at radius 3 is 2.79 bits per heavy atom. The van der Waals surface area contributed by atoms with E-state index in [0.29, 0.717) is 11.7 Å². The Morgan fingerprint density at radius 1 is 1.54 bits per heavy atom. The highest BCUT2D eigenvalue weighted by Gasteiger charge is 2.53. The van der Waals surface area contributed by atoms with Crippen LogP contribution in [0.15, 0.2) is 36.4 Å². The first-order valence-electron chi connectivity index (χ1n) is 7.79. The molecule has 0 radical (unpaired) electrons. The summed E-state index contributed by atoms with van der Waals surface area (Å²) in [5, 5.41) is 10.7. The van der Waals surface area contributed by atoms with Gasteiger partial charge in [-0.1, -0.05) is 12.2 Å². The molecule has 24 heavy (non-hydrogen) atoms. The van der Waals surface area contributed by atoms with Gasteiger partial charge in [0, 0.05) is 12.1 Å². The number of nitro benzene ring substituents is 1. The van der Waals surface area contributed by atoms with Crippen LogP contribution in [-0.2, 0) is 16.3 Å². The van der Waals surface area contributed by atoms with Crippen molar-refractivity contribution in [2.45, 2.75) is 44.0 Å². The van der Waals surface area contributed by atoms with E-state index in [1.807, 2.05) is 0 Å². The van der Waals surface area contributed by atoms with Crippen LogP contribution >= 0.6 is 17.1 Å². The van der Waals surface area contributed by atoms with Crippen molar-refractivity contribution < 1.29 is 14.0 Å². The zero-order valence-electron chi connectivity index (χ0n) is 13.6. The number of fused-ring (bicyclic) bond motifs is 1. The SMILES string of the molecule is C=C(C)[C@H]1CC[C@@]2(C)S[P@@](=S)(Oc3ccc([N+](=O)[O-])cc3)O[C@H]2C1. The van der Waals surface area contributed by atoms with Gasteiger partial charge in [-0.2, -0.15) is 0 Å². The Morgan fingerprint density at radius 2 is 2.21 bits per heavy atom. The Labute approximate surface area is 150 Å². The van der Waals surface area contributed by atoms with Crippen LogP contribution in [0, 0.1) is 16.0 Å². The van der Waals surface area contributed by atoms with Crippen LogP contribution in [0.25, 0.3) is 0 Å². The molecule has 130 valence electrons. The summed E-state index contributed by atoms with van der Waals surface area (Å²) in [5.41, 5.74) is -1.28. The van der Waals surface area contributed by atoms with E-state index in [2.05, 4.69) is 20.4 Å². The molecule has 0 aromatic heterocycles. The summed E-state index contributed by atoms with van der Waals surface area (Å²) in [5.74, 6) is 1.000. The first-order valence-corrected chi connectivity index (χ1v) is 11.9. The van der Waals surface area contributed by atoms with Gasteiger partial charge < -0.3 is 9.05 Å². The molecule has 1 aliphatic heterocycles. The van der Waals surface area contributed by atoms with Gasteiger partial charge in [0.2, 0.25) is 0 Å². The minimum Gasteiger partial charge on any atom is -0.436 e. The van der Waals surface area contributed by atoms with Gasteiger partial charge in [-0.25, -0.2) is 0 Å². The van der Waals surface area contributed by atoms with Gasteiger partial charge in [-0.15, -0.1) is 0 Å². The molecular weight excluding hydrogens is 365 g/mol. The first-order chi connectivity index (χ1) is 11.2. The van der Waals surface area contributed by atoms with Crippen molar-refractivity contribution in [3.05, 3.63) is 46.5 Å². The molecule has 0 spiro atoms. The molecule has 1 saturated carbocycles. The molecule has 1 heterocycles. The maximum absolute atomic E-state index is 10.7. The van der Waals surface area contributed by atoms with Crippen molar-refractivity contribution >= 4 is 34.6 Å². The first kappa shape index (κ1) is 17.9. The van der Waals surface area contributed by atoms with Crippen molar-refractivity contribution in [3.8, 4) is 5.75 Å². The second kappa shape index (κ2) is 6.45. The van der Waals surface area contributed by atoms with Gasteiger partial charge in [-0.3, -0.25) is 10.1 Å². The number of nitrogens with zero attached hydrogens (tertiary/aromatic N) is 1. The molecule has 1 aromatic carbocycles. The number of rotatable bonds is 4. The lowest BCUT2D eigenvalue weighted by Gasteiger charge is -2.37. The number of nitro groups is 1. The number of hydrogen-bond donors (Lipinski definition) is 0. The molecule has 3 rings (SSSR count). The molecule has 2 fully saturated rings. The lowest BCUT2D eigenvalue weighted by atomic mass is 9.77. The van der Waals surface area contributed by atoms with Crippen molar-refractivity contribution in [3.63, 3.8) is 0 Å². The minimum atomic E-state index is -2.51. The van der Waals surface area contributed by atoms with E-state index in [1.54, 1.807) is 23.5 Å². The Hall–Kier alpha value is -0.880. The maximum Gasteiger partial charge on any atom is 0.298 e. The molecule has 1 saturated heterocycles. The van der Waals surface area contributed by atoms with Gasteiger partial charge in [0.05, 0.1) is 15.8 Å². The maximum atomic E-state index is 10.7. The van der Waals surface area contributed by atoms with Crippen molar-refractivity contribution in [2.75, 3.05) is 0 Å². The highest BCUT2D eigenvalue weighted by Crippen LogP contribution is 2.74. The normalized spacial score (nSPS) is 35.2. The molecule has 5 nitrogen and oxygen atoms in total. The summed E-state index contributed by atoms with van der Waals surface area (Å²) in [6.07, 6.45) is 3.13. The van der Waals surface area contributed by atoms with Crippen molar-refractivity contribution in [1.82, 2.24) is 0 Å². The van der Waals surface area contributed by atoms with Crippen molar-refractivity contribution in [2.24, 2.45) is 5.92 Å². The number of non-ortho nitro benzene ring substituents is 1. The van der Waals surface area contributed by atoms with Gasteiger partial charge in [0.25, 0.3) is 11.4 Å². The highest BCUT2D eigenvalue weighted by molar-refractivity contribution is 8.68. The molecule has 1 aliphatic carbocycles. The summed E-state index contributed by atoms with van der Waals surface area (Å²) < 4.78 is 12.2. The molecular formula is C16H20NO4PS2. The molecule has 8 heteroatoms. The molecule has 0 N–H and O–H groups in total. The topological polar surface area (TPSA) is 61.6 Å². The van der Waals surface area contributed by atoms with Crippen LogP contribution in [0.1, 0.15) is 33.1 Å². The molecule has 0 unspecified atom stereocenters. The lowest BCUT2D eigenvalue weighted by Crippen LogP contribution is -2.39. The van der Waals surface area contributed by atoms with Crippen LogP contribution in [0.5, 0.6) is 5.75 Å². The van der Waals surface area contributed by atoms with E-state index in [0.717, 1.165) is 19.3 Å². The minimum absolute atomic E-state index is 0.0255. The van der Waals surface area contributed by atoms with E-state index in [9.17, 15) is 10.1 Å². The average molecular weight is 385 g/mol. The molecule has 4 atom stereocenters. The van der Waals surface area contributed by atoms with E-state index < -0.39 is 10.6 Å². The quantitative estimate of drug-likeness (QED) is 0.297. The smallest absolute Gasteiger partial charge is 0.298 e. The third-order valence-electron chi connectivity index (χ3n) is 4.71. The van der Waals surface area contributed by atoms with E-state index in [1.165, 1.54) is 17.7 Å². The largest absolute Gasteiger partial charge is 0.436 e. The van der Waals surface area contributed by atoms with Crippen molar-refractivity contribution in [1.29, 1.82) is 0 Å². The second-order valence-electron chi connectivity index (χ2n) is 6.61. The summed E-state index contributed by atoms with van der Waals surface area (Å²) in [4.78, 5) is 10.3. The highest BCUT2D eigenvalue weighted by atomic mass is 32.9. The Balaban J connectivity index is 1.74. The van der Waals surface area contributed by atoms with Crippen LogP contribution in [0.3, 0.4) is 0 Å². The zero-order valence-corrected chi connectivity index (χ0v) is 16.2. The van der Waals surface area contributed by atoms with E-state index in [-0.39, 0.29) is 16.5 Å². The zero-order chi connectivity index (χ0) is 17.5. The average Bonchev–Trinajstić information content (AvgIpc) is 2.76. The number of allylic oxidation sites excluding steroid dienone is 1. The van der Waals surface area contributed by atoms with Gasteiger partial charge >= 0.3 is 0 Å². The van der Waals surface area contributed by atoms with E-state index >= 15 is 0 Å². The van der Waals surface area contributed by atoms with Crippen LogP contribution < -0.4 is 4.52 Å². The van der Waals surface area contributed by atoms with Crippen LogP contribution in [0.4, 0.5) is 5.69 Å². The fourth-order valence-electron chi connectivity index (χ4n) is 3.18. The predicted molar refractivity (Wildman–Crippen MR) is 101 cm³/mol. The molecule has 1 aromatic rings. The summed E-state index contributed by atoms with van der Waals surface area (Å²) in [6.45, 7) is 8.34. The Bertz CT molecular complexity index is 723. The summed E-state index contributed by atoms with van der Waals surface area (Å²) in [7, 11) is 0. The third-order valence-corrected chi connectivity index (χ3v) is 10.3. The fourth-order valence-corrected chi connectivity index (χ4v) is 10.4. The van der Waals surface area contributed by atoms with E-state index in [4.69, 9.17) is 20.9 Å². The predicted octanol–water partition coefficient (Wildman–Crippen LogP) is 5.47. The van der Waals surface area contributed by atoms with Crippen LogP contribution in [0.2, 0.25) is 0 Å². The monoisotopic (exact) mass is 385 g/mol. The summed E-state index contributed by atoms with van der Waals surface area (Å²) in [6, 6.07) is 6.00. The second-order valence-corrected chi connectivity index (χ2v) is 13.1. The summed E-state index contributed by atoms with van der Waals surface area (Å²) >= 11 is 7.33. The third kappa shape index (κ3) is 3.54. The number of hydrogen-bond acceptors (Lipinski definition) is 6. The molecule has 2 aliphatic rings. The fraction of sp³-hybridized carbons (Fsp3) is 0.500. The van der Waals surface area contributed by atoms with Gasteiger partial charge in [-0.05, 0) is 74.3 Å². The molecule has 0 bridgehead atoms. The van der Waals surface area contributed by atoms with Gasteiger partial charge in [0.15, 0.2) is 0 Å². The lowest BCUT2D eigenvalue weighted by molar-refractivity contribution is -0.384. The number of benzene rings is 1. The van der Waals surface area contributed by atoms with Crippen LogP contribution in [-0.4, -0.2) is 15.8 Å². The molecule has 0 amide bonds.